The van der Waals surface area contributed by atoms with Crippen LogP contribution in [0.5, 0.6) is 0 Å². The van der Waals surface area contributed by atoms with Gasteiger partial charge < -0.3 is 10.6 Å². The molecule has 0 saturated heterocycles. The van der Waals surface area contributed by atoms with Crippen LogP contribution in [-0.2, 0) is 16.0 Å². The summed E-state index contributed by atoms with van der Waals surface area (Å²) in [4.78, 5) is 24.8. The van der Waals surface area contributed by atoms with Crippen LogP contribution >= 0.6 is 11.8 Å². The Labute approximate surface area is 139 Å². The SMILES string of the molecule is CC(=O)Nc1cccc(NC(=O)[C@H]2Cc3ccc(C)cc3S2)c1. The van der Waals surface area contributed by atoms with Crippen LogP contribution < -0.4 is 10.6 Å². The summed E-state index contributed by atoms with van der Waals surface area (Å²) < 4.78 is 0. The van der Waals surface area contributed by atoms with Crippen molar-refractivity contribution in [2.75, 3.05) is 10.6 Å². The van der Waals surface area contributed by atoms with Crippen LogP contribution in [0.3, 0.4) is 0 Å². The van der Waals surface area contributed by atoms with Crippen molar-refractivity contribution in [1.29, 1.82) is 0 Å². The molecule has 0 saturated carbocycles. The summed E-state index contributed by atoms with van der Waals surface area (Å²) >= 11 is 1.61. The highest BCUT2D eigenvalue weighted by Crippen LogP contribution is 2.38. The maximum Gasteiger partial charge on any atom is 0.238 e. The number of hydrogen-bond donors (Lipinski definition) is 2. The Morgan fingerprint density at radius 2 is 1.83 bits per heavy atom. The van der Waals surface area contributed by atoms with E-state index in [0.717, 1.165) is 6.42 Å². The zero-order valence-corrected chi connectivity index (χ0v) is 13.9. The Kier molecular flexibility index (Phi) is 4.39. The van der Waals surface area contributed by atoms with Gasteiger partial charge in [-0.25, -0.2) is 0 Å². The Balaban J connectivity index is 1.68. The van der Waals surface area contributed by atoms with Gasteiger partial charge in [-0.15, -0.1) is 11.8 Å². The van der Waals surface area contributed by atoms with E-state index in [4.69, 9.17) is 0 Å². The van der Waals surface area contributed by atoms with Crippen molar-refractivity contribution in [1.82, 2.24) is 0 Å². The molecule has 5 heteroatoms. The average molecular weight is 326 g/mol. The van der Waals surface area contributed by atoms with Gasteiger partial charge in [0, 0.05) is 23.2 Å². The van der Waals surface area contributed by atoms with Crippen molar-refractivity contribution in [2.24, 2.45) is 0 Å². The summed E-state index contributed by atoms with van der Waals surface area (Å²) in [6.07, 6.45) is 0.748. The highest BCUT2D eigenvalue weighted by Gasteiger charge is 2.28. The number of aryl methyl sites for hydroxylation is 1. The molecule has 1 aliphatic heterocycles. The van der Waals surface area contributed by atoms with Crippen molar-refractivity contribution in [3.8, 4) is 0 Å². The van der Waals surface area contributed by atoms with Crippen LogP contribution in [0.4, 0.5) is 11.4 Å². The minimum Gasteiger partial charge on any atom is -0.326 e. The van der Waals surface area contributed by atoms with Crippen molar-refractivity contribution in [3.63, 3.8) is 0 Å². The van der Waals surface area contributed by atoms with E-state index in [-0.39, 0.29) is 17.1 Å². The zero-order chi connectivity index (χ0) is 16.4. The van der Waals surface area contributed by atoms with E-state index in [0.29, 0.717) is 11.4 Å². The van der Waals surface area contributed by atoms with Gasteiger partial charge in [-0.05, 0) is 43.2 Å². The van der Waals surface area contributed by atoms with E-state index in [1.807, 2.05) is 6.07 Å². The van der Waals surface area contributed by atoms with E-state index in [9.17, 15) is 9.59 Å². The average Bonchev–Trinajstić information content (AvgIpc) is 2.90. The first-order chi connectivity index (χ1) is 11.0. The maximum atomic E-state index is 12.5. The van der Waals surface area contributed by atoms with Gasteiger partial charge in [-0.2, -0.15) is 0 Å². The molecule has 0 fully saturated rings. The number of amides is 2. The van der Waals surface area contributed by atoms with E-state index in [1.165, 1.54) is 22.9 Å². The monoisotopic (exact) mass is 326 g/mol. The fraction of sp³-hybridized carbons (Fsp3) is 0.222. The lowest BCUT2D eigenvalue weighted by Crippen LogP contribution is -2.24. The van der Waals surface area contributed by atoms with Gasteiger partial charge in [0.2, 0.25) is 11.8 Å². The number of thioether (sulfide) groups is 1. The second kappa shape index (κ2) is 6.46. The number of carbonyl (C=O) groups is 2. The smallest absolute Gasteiger partial charge is 0.238 e. The predicted octanol–water partition coefficient (Wildman–Crippen LogP) is 3.61. The third kappa shape index (κ3) is 3.74. The lowest BCUT2D eigenvalue weighted by atomic mass is 10.1. The summed E-state index contributed by atoms with van der Waals surface area (Å²) in [7, 11) is 0. The molecule has 0 spiro atoms. The Hall–Kier alpha value is -2.27. The van der Waals surface area contributed by atoms with Crippen LogP contribution in [0.15, 0.2) is 47.4 Å². The van der Waals surface area contributed by atoms with Crippen LogP contribution in [-0.4, -0.2) is 17.1 Å². The molecule has 0 radical (unpaired) electrons. The summed E-state index contributed by atoms with van der Waals surface area (Å²) in [5, 5.41) is 5.53. The summed E-state index contributed by atoms with van der Waals surface area (Å²) in [5.74, 6) is -0.144. The molecule has 0 bridgehead atoms. The molecular weight excluding hydrogens is 308 g/mol. The van der Waals surface area contributed by atoms with Gasteiger partial charge >= 0.3 is 0 Å². The Morgan fingerprint density at radius 3 is 2.57 bits per heavy atom. The second-order valence-electron chi connectivity index (χ2n) is 5.67. The van der Waals surface area contributed by atoms with Gasteiger partial charge in [-0.1, -0.05) is 23.8 Å². The first-order valence-electron chi connectivity index (χ1n) is 7.46. The molecule has 4 nitrogen and oxygen atoms in total. The van der Waals surface area contributed by atoms with Gasteiger partial charge in [0.15, 0.2) is 0 Å². The number of anilines is 2. The van der Waals surface area contributed by atoms with Crippen LogP contribution in [0, 0.1) is 6.92 Å². The molecule has 2 aromatic carbocycles. The predicted molar refractivity (Wildman–Crippen MR) is 93.9 cm³/mol. The van der Waals surface area contributed by atoms with Gasteiger partial charge in [0.25, 0.3) is 0 Å². The van der Waals surface area contributed by atoms with Crippen LogP contribution in [0.25, 0.3) is 0 Å². The Morgan fingerprint density at radius 1 is 1.09 bits per heavy atom. The fourth-order valence-electron chi connectivity index (χ4n) is 2.58. The van der Waals surface area contributed by atoms with Crippen LogP contribution in [0.2, 0.25) is 0 Å². The highest BCUT2D eigenvalue weighted by molar-refractivity contribution is 8.01. The van der Waals surface area contributed by atoms with Gasteiger partial charge in [0.1, 0.15) is 0 Å². The summed E-state index contributed by atoms with van der Waals surface area (Å²) in [6, 6.07) is 13.5. The Bertz CT molecular complexity index is 773. The van der Waals surface area contributed by atoms with Crippen molar-refractivity contribution in [3.05, 3.63) is 53.6 Å². The molecule has 2 amide bonds. The molecular formula is C18H18N2O2S. The van der Waals surface area contributed by atoms with E-state index in [2.05, 4.69) is 35.8 Å². The fourth-order valence-corrected chi connectivity index (χ4v) is 3.87. The minimum absolute atomic E-state index is 0.0103. The first-order valence-corrected chi connectivity index (χ1v) is 8.34. The summed E-state index contributed by atoms with van der Waals surface area (Å²) in [6.45, 7) is 3.52. The molecule has 0 aliphatic carbocycles. The molecule has 2 aromatic rings. The molecule has 1 atom stereocenters. The standard InChI is InChI=1S/C18H18N2O2S/c1-11-6-7-13-9-17(23-16(13)8-11)18(22)20-15-5-3-4-14(10-15)19-12(2)21/h3-8,10,17H,9H2,1-2H3,(H,19,21)(H,20,22)/t17-/m1/s1. The quantitative estimate of drug-likeness (QED) is 0.906. The third-order valence-electron chi connectivity index (χ3n) is 3.64. The number of nitrogens with one attached hydrogen (secondary N) is 2. The molecule has 118 valence electrons. The van der Waals surface area contributed by atoms with Crippen molar-refractivity contribution >= 4 is 35.0 Å². The van der Waals surface area contributed by atoms with Crippen molar-refractivity contribution in [2.45, 2.75) is 30.4 Å². The number of hydrogen-bond acceptors (Lipinski definition) is 3. The van der Waals surface area contributed by atoms with Gasteiger partial charge in [0.05, 0.1) is 5.25 Å². The van der Waals surface area contributed by atoms with Gasteiger partial charge in [-0.3, -0.25) is 9.59 Å². The number of carbonyl (C=O) groups excluding carboxylic acids is 2. The second-order valence-corrected chi connectivity index (χ2v) is 6.92. The van der Waals surface area contributed by atoms with Crippen LogP contribution in [0.1, 0.15) is 18.1 Å². The molecule has 0 aromatic heterocycles. The van der Waals surface area contributed by atoms with Crippen molar-refractivity contribution < 1.29 is 9.59 Å². The normalized spacial score (nSPS) is 15.8. The summed E-state index contributed by atoms with van der Waals surface area (Å²) in [5.41, 5.74) is 3.80. The topological polar surface area (TPSA) is 58.2 Å². The number of rotatable bonds is 3. The number of fused-ring (bicyclic) bond motifs is 1. The molecule has 1 aliphatic rings. The lowest BCUT2D eigenvalue weighted by Gasteiger charge is -2.11. The third-order valence-corrected chi connectivity index (χ3v) is 4.94. The zero-order valence-electron chi connectivity index (χ0n) is 13.1. The first kappa shape index (κ1) is 15.6. The molecule has 23 heavy (non-hydrogen) atoms. The van der Waals surface area contributed by atoms with E-state index in [1.54, 1.807) is 30.0 Å². The molecule has 0 unspecified atom stereocenters. The van der Waals surface area contributed by atoms with E-state index < -0.39 is 0 Å². The largest absolute Gasteiger partial charge is 0.326 e. The number of benzene rings is 2. The highest BCUT2D eigenvalue weighted by atomic mass is 32.2. The molecule has 3 rings (SSSR count). The van der Waals surface area contributed by atoms with E-state index >= 15 is 0 Å². The molecule has 2 N–H and O–H groups in total. The molecule has 1 heterocycles. The minimum atomic E-state index is -0.134. The lowest BCUT2D eigenvalue weighted by molar-refractivity contribution is -0.116. The maximum absolute atomic E-state index is 12.5.